The first kappa shape index (κ1) is 10.9. The van der Waals surface area contributed by atoms with E-state index in [4.69, 9.17) is 5.11 Å². The van der Waals surface area contributed by atoms with E-state index in [1.165, 1.54) is 4.31 Å². The van der Waals surface area contributed by atoms with Crippen LogP contribution in [0.1, 0.15) is 26.2 Å². The minimum absolute atomic E-state index is 0.0526. The Balaban J connectivity index is 2.69. The van der Waals surface area contributed by atoms with Crippen LogP contribution in [0, 0.1) is 0 Å². The molecule has 0 spiro atoms. The Morgan fingerprint density at radius 1 is 1.54 bits per heavy atom. The van der Waals surface area contributed by atoms with Gasteiger partial charge >= 0.3 is 0 Å². The number of hydrogen-bond donors (Lipinski definition) is 1. The molecular weight excluding hydrogens is 190 g/mol. The van der Waals surface area contributed by atoms with E-state index in [2.05, 4.69) is 0 Å². The lowest BCUT2D eigenvalue weighted by Gasteiger charge is -2.21. The van der Waals surface area contributed by atoms with Crippen LogP contribution in [-0.4, -0.2) is 42.8 Å². The van der Waals surface area contributed by atoms with Crippen LogP contribution in [0.15, 0.2) is 0 Å². The normalized spacial score (nSPS) is 25.2. The largest absolute Gasteiger partial charge is 0.395 e. The molecule has 0 saturated carbocycles. The highest BCUT2D eigenvalue weighted by Crippen LogP contribution is 2.20. The monoisotopic (exact) mass is 207 g/mol. The van der Waals surface area contributed by atoms with E-state index >= 15 is 0 Å². The van der Waals surface area contributed by atoms with Crippen molar-refractivity contribution in [2.75, 3.05) is 18.9 Å². The predicted molar refractivity (Wildman–Crippen MR) is 50.9 cm³/mol. The fraction of sp³-hybridized carbons (Fsp3) is 1.00. The Kier molecular flexibility index (Phi) is 3.70. The number of hydrogen-bond acceptors (Lipinski definition) is 3. The molecule has 0 amide bonds. The van der Waals surface area contributed by atoms with Crippen LogP contribution >= 0.6 is 0 Å². The number of nitrogens with zero attached hydrogens (tertiary/aromatic N) is 1. The smallest absolute Gasteiger partial charge is 0.214 e. The van der Waals surface area contributed by atoms with E-state index in [9.17, 15) is 8.42 Å². The van der Waals surface area contributed by atoms with Crippen molar-refractivity contribution >= 4 is 10.0 Å². The van der Waals surface area contributed by atoms with Crippen molar-refractivity contribution in [1.82, 2.24) is 4.31 Å². The first-order chi connectivity index (χ1) is 6.11. The van der Waals surface area contributed by atoms with E-state index in [0.29, 0.717) is 13.0 Å². The molecule has 1 N–H and O–H groups in total. The molecule has 78 valence electrons. The third-order valence-electron chi connectivity index (χ3n) is 2.35. The van der Waals surface area contributed by atoms with Gasteiger partial charge in [0.25, 0.3) is 0 Å². The van der Waals surface area contributed by atoms with E-state index < -0.39 is 10.0 Å². The van der Waals surface area contributed by atoms with Gasteiger partial charge in [0.1, 0.15) is 0 Å². The van der Waals surface area contributed by atoms with Gasteiger partial charge in [-0.2, -0.15) is 4.31 Å². The lowest BCUT2D eigenvalue weighted by molar-refractivity contribution is 0.213. The minimum Gasteiger partial charge on any atom is -0.395 e. The average Bonchev–Trinajstić information content (AvgIpc) is 2.51. The number of sulfonamides is 1. The lowest BCUT2D eigenvalue weighted by Crippen LogP contribution is -2.38. The summed E-state index contributed by atoms with van der Waals surface area (Å²) in [6.45, 7) is 2.37. The van der Waals surface area contributed by atoms with Crippen LogP contribution in [0.2, 0.25) is 0 Å². The van der Waals surface area contributed by atoms with Gasteiger partial charge in [-0.25, -0.2) is 8.42 Å². The fourth-order valence-corrected chi connectivity index (χ4v) is 3.52. The van der Waals surface area contributed by atoms with Gasteiger partial charge in [0, 0.05) is 12.6 Å². The molecule has 1 aliphatic heterocycles. The third kappa shape index (κ3) is 2.42. The molecule has 0 unspecified atom stereocenters. The first-order valence-corrected chi connectivity index (χ1v) is 6.33. The highest BCUT2D eigenvalue weighted by Gasteiger charge is 2.32. The Morgan fingerprint density at radius 2 is 2.23 bits per heavy atom. The molecule has 0 aliphatic carbocycles. The van der Waals surface area contributed by atoms with Gasteiger partial charge in [-0.1, -0.05) is 6.92 Å². The number of aliphatic hydroxyl groups is 1. The molecule has 1 fully saturated rings. The molecule has 1 rings (SSSR count). The molecule has 0 bridgehead atoms. The van der Waals surface area contributed by atoms with Crippen molar-refractivity contribution in [3.05, 3.63) is 0 Å². The molecule has 1 heterocycles. The lowest BCUT2D eigenvalue weighted by atomic mass is 10.2. The second kappa shape index (κ2) is 4.39. The average molecular weight is 207 g/mol. The van der Waals surface area contributed by atoms with Gasteiger partial charge in [0.15, 0.2) is 0 Å². The second-order valence-electron chi connectivity index (χ2n) is 3.41. The van der Waals surface area contributed by atoms with Gasteiger partial charge in [0.05, 0.1) is 12.4 Å². The molecule has 0 aromatic rings. The van der Waals surface area contributed by atoms with Crippen LogP contribution < -0.4 is 0 Å². The first-order valence-electron chi connectivity index (χ1n) is 4.72. The summed E-state index contributed by atoms with van der Waals surface area (Å²) in [7, 11) is -3.10. The van der Waals surface area contributed by atoms with Crippen molar-refractivity contribution in [3.8, 4) is 0 Å². The summed E-state index contributed by atoms with van der Waals surface area (Å²) in [5.41, 5.74) is 0. The second-order valence-corrected chi connectivity index (χ2v) is 5.45. The summed E-state index contributed by atoms with van der Waals surface area (Å²) in [6, 6.07) is -0.170. The van der Waals surface area contributed by atoms with Crippen molar-refractivity contribution in [2.45, 2.75) is 32.2 Å². The number of rotatable bonds is 4. The SMILES string of the molecule is CCCS(=O)(=O)N1CCC[C@H]1CO. The fourth-order valence-electron chi connectivity index (χ4n) is 1.73. The summed E-state index contributed by atoms with van der Waals surface area (Å²) in [5.74, 6) is 0.198. The molecule has 1 aliphatic rings. The van der Waals surface area contributed by atoms with Gasteiger partial charge in [-0.05, 0) is 19.3 Å². The zero-order valence-corrected chi connectivity index (χ0v) is 8.76. The molecule has 13 heavy (non-hydrogen) atoms. The van der Waals surface area contributed by atoms with Gasteiger partial charge in [-0.3, -0.25) is 0 Å². The Bertz CT molecular complexity index is 250. The van der Waals surface area contributed by atoms with Crippen LogP contribution in [0.3, 0.4) is 0 Å². The van der Waals surface area contributed by atoms with Crippen molar-refractivity contribution < 1.29 is 13.5 Å². The van der Waals surface area contributed by atoms with Crippen molar-refractivity contribution in [3.63, 3.8) is 0 Å². The molecule has 0 aromatic heterocycles. The van der Waals surface area contributed by atoms with Crippen molar-refractivity contribution in [2.24, 2.45) is 0 Å². The molecule has 1 atom stereocenters. The quantitative estimate of drug-likeness (QED) is 0.715. The molecule has 0 aromatic carbocycles. The third-order valence-corrected chi connectivity index (χ3v) is 4.47. The predicted octanol–water partition coefficient (Wildman–Crippen LogP) is 0.183. The van der Waals surface area contributed by atoms with E-state index in [0.717, 1.165) is 12.8 Å². The highest BCUT2D eigenvalue weighted by molar-refractivity contribution is 7.89. The highest BCUT2D eigenvalue weighted by atomic mass is 32.2. The maximum Gasteiger partial charge on any atom is 0.214 e. The van der Waals surface area contributed by atoms with E-state index in [1.54, 1.807) is 0 Å². The molecule has 5 heteroatoms. The van der Waals surface area contributed by atoms with Crippen molar-refractivity contribution in [1.29, 1.82) is 0 Å². The maximum absolute atomic E-state index is 11.6. The summed E-state index contributed by atoms with van der Waals surface area (Å²) in [4.78, 5) is 0. The molecule has 4 nitrogen and oxygen atoms in total. The molecular formula is C8H17NO3S. The summed E-state index contributed by atoms with van der Waals surface area (Å²) in [6.07, 6.45) is 2.30. The van der Waals surface area contributed by atoms with Crippen LogP contribution in [0.5, 0.6) is 0 Å². The number of aliphatic hydroxyl groups excluding tert-OH is 1. The summed E-state index contributed by atoms with van der Waals surface area (Å²) >= 11 is 0. The summed E-state index contributed by atoms with van der Waals surface area (Å²) in [5, 5.41) is 8.96. The Hall–Kier alpha value is -0.130. The van der Waals surface area contributed by atoms with Gasteiger partial charge < -0.3 is 5.11 Å². The maximum atomic E-state index is 11.6. The minimum atomic E-state index is -3.10. The topological polar surface area (TPSA) is 57.6 Å². The van der Waals surface area contributed by atoms with Crippen LogP contribution in [0.4, 0.5) is 0 Å². The zero-order chi connectivity index (χ0) is 9.90. The standard InChI is InChI=1S/C8H17NO3S/c1-2-6-13(11,12)9-5-3-4-8(9)7-10/h8,10H,2-7H2,1H3/t8-/m0/s1. The van der Waals surface area contributed by atoms with Gasteiger partial charge in [0.2, 0.25) is 10.0 Å². The molecule has 1 saturated heterocycles. The summed E-state index contributed by atoms with van der Waals surface area (Å²) < 4.78 is 24.7. The Morgan fingerprint density at radius 3 is 2.77 bits per heavy atom. The Labute approximate surface area is 79.6 Å². The van der Waals surface area contributed by atoms with E-state index in [-0.39, 0.29) is 18.4 Å². The van der Waals surface area contributed by atoms with Crippen LogP contribution in [-0.2, 0) is 10.0 Å². The van der Waals surface area contributed by atoms with E-state index in [1.807, 2.05) is 6.92 Å². The van der Waals surface area contributed by atoms with Gasteiger partial charge in [-0.15, -0.1) is 0 Å². The van der Waals surface area contributed by atoms with Crippen LogP contribution in [0.25, 0.3) is 0 Å². The zero-order valence-electron chi connectivity index (χ0n) is 7.94. The molecule has 0 radical (unpaired) electrons.